The number of hydrogen-bond donors (Lipinski definition) is 0. The van der Waals surface area contributed by atoms with E-state index in [-0.39, 0.29) is 11.1 Å². The van der Waals surface area contributed by atoms with Gasteiger partial charge in [0.2, 0.25) is 11.8 Å². The summed E-state index contributed by atoms with van der Waals surface area (Å²) in [6.45, 7) is 9.61. The zero-order valence-electron chi connectivity index (χ0n) is 25.5. The average molecular weight is 575 g/mol. The Hall–Kier alpha value is -4.96. The molecule has 0 bridgehead atoms. The Morgan fingerprint density at radius 3 is 1.11 bits per heavy atom. The Balaban J connectivity index is 1.34. The van der Waals surface area contributed by atoms with Crippen LogP contribution in [0.3, 0.4) is 0 Å². The van der Waals surface area contributed by atoms with E-state index in [0.29, 0.717) is 13.2 Å². The van der Waals surface area contributed by atoms with Crippen LogP contribution in [0.2, 0.25) is 0 Å². The highest BCUT2D eigenvalue weighted by molar-refractivity contribution is 6.31. The van der Waals surface area contributed by atoms with Crippen LogP contribution in [0.25, 0.3) is 54.6 Å². The molecule has 0 fully saturated rings. The van der Waals surface area contributed by atoms with E-state index in [0.717, 1.165) is 34.0 Å². The number of hydrogen-bond acceptors (Lipinski definition) is 4. The molecule has 0 spiro atoms. The predicted molar refractivity (Wildman–Crippen MR) is 183 cm³/mol. The van der Waals surface area contributed by atoms with E-state index in [2.05, 4.69) is 137 Å². The monoisotopic (exact) mass is 574 g/mol. The zero-order valence-corrected chi connectivity index (χ0v) is 25.5. The molecule has 0 unspecified atom stereocenters. The number of rotatable bonds is 4. The van der Waals surface area contributed by atoms with Gasteiger partial charge in [0, 0.05) is 11.1 Å². The minimum Gasteiger partial charge on any atom is -0.475 e. The molecule has 0 saturated carbocycles. The summed E-state index contributed by atoms with van der Waals surface area (Å²) < 4.78 is 11.9. The fourth-order valence-electron chi connectivity index (χ4n) is 6.56. The van der Waals surface area contributed by atoms with Gasteiger partial charge in [-0.05, 0) is 107 Å². The first-order chi connectivity index (χ1) is 21.3. The molecule has 0 saturated heterocycles. The van der Waals surface area contributed by atoms with Crippen molar-refractivity contribution < 1.29 is 9.47 Å². The van der Waals surface area contributed by atoms with Crippen molar-refractivity contribution in [3.05, 3.63) is 120 Å². The fourth-order valence-corrected chi connectivity index (χ4v) is 6.56. The molecule has 6 aromatic rings. The lowest BCUT2D eigenvalue weighted by Crippen LogP contribution is -2.17. The van der Waals surface area contributed by atoms with Gasteiger partial charge in [-0.25, -0.2) is 9.98 Å². The highest BCUT2D eigenvalue weighted by Crippen LogP contribution is 2.44. The number of aliphatic imine (C=N–C) groups is 2. The molecule has 44 heavy (non-hydrogen) atoms. The third-order valence-corrected chi connectivity index (χ3v) is 8.71. The second kappa shape index (κ2) is 9.78. The second-order valence-corrected chi connectivity index (χ2v) is 13.2. The summed E-state index contributed by atoms with van der Waals surface area (Å²) >= 11 is 0. The number of nitrogens with zero attached hydrogens (tertiary/aromatic N) is 2. The molecule has 4 nitrogen and oxygen atoms in total. The Kier molecular flexibility index (Phi) is 5.93. The molecule has 0 N–H and O–H groups in total. The van der Waals surface area contributed by atoms with Crippen molar-refractivity contribution in [2.75, 3.05) is 13.2 Å². The van der Waals surface area contributed by atoms with Gasteiger partial charge in [0.05, 0.1) is 11.1 Å². The third-order valence-electron chi connectivity index (χ3n) is 8.71. The van der Waals surface area contributed by atoms with Crippen LogP contribution in [-0.2, 0) is 9.47 Å². The highest BCUT2D eigenvalue weighted by atomic mass is 16.5. The summed E-state index contributed by atoms with van der Waals surface area (Å²) in [6, 6.07) is 39.4. The molecule has 2 heterocycles. The Labute approximate surface area is 257 Å². The van der Waals surface area contributed by atoms with Crippen LogP contribution in [0, 0.1) is 0 Å². The molecular formula is C40H34N2O2. The van der Waals surface area contributed by atoms with Crippen LogP contribution in [0.1, 0.15) is 38.8 Å². The van der Waals surface area contributed by atoms with Crippen LogP contribution >= 0.6 is 0 Å². The molecule has 0 atom stereocenters. The topological polar surface area (TPSA) is 43.2 Å². The summed E-state index contributed by atoms with van der Waals surface area (Å²) in [6.07, 6.45) is 0. The van der Waals surface area contributed by atoms with E-state index in [4.69, 9.17) is 19.5 Å². The van der Waals surface area contributed by atoms with Gasteiger partial charge in [0.1, 0.15) is 13.2 Å². The maximum absolute atomic E-state index is 5.93. The van der Waals surface area contributed by atoms with Crippen molar-refractivity contribution in [1.29, 1.82) is 0 Å². The van der Waals surface area contributed by atoms with E-state index in [9.17, 15) is 0 Å². The molecule has 2 aliphatic rings. The zero-order chi connectivity index (χ0) is 30.1. The van der Waals surface area contributed by atoms with Gasteiger partial charge in [-0.2, -0.15) is 0 Å². The standard InChI is InChI=1S/C40H34N2O2/c1-39(2)23-43-37(41-39)27-17-13-25(14-18-27)29-21-22-30(26-15-19-28(20-16-26)38-42-40(3,4)24-44-38)36-34-12-8-6-10-32(34)31-9-5-7-11-33(31)35(29)36/h5-22H,23-24H2,1-4H3. The Morgan fingerprint density at radius 1 is 0.432 bits per heavy atom. The third kappa shape index (κ3) is 4.44. The van der Waals surface area contributed by atoms with Gasteiger partial charge >= 0.3 is 0 Å². The van der Waals surface area contributed by atoms with Crippen molar-refractivity contribution in [1.82, 2.24) is 0 Å². The molecular weight excluding hydrogens is 540 g/mol. The summed E-state index contributed by atoms with van der Waals surface area (Å²) in [4.78, 5) is 9.56. The van der Waals surface area contributed by atoms with Crippen molar-refractivity contribution >= 4 is 44.1 Å². The smallest absolute Gasteiger partial charge is 0.216 e. The lowest BCUT2D eigenvalue weighted by atomic mass is 9.85. The van der Waals surface area contributed by atoms with E-state index in [1.807, 2.05) is 0 Å². The van der Waals surface area contributed by atoms with Crippen molar-refractivity contribution in [3.63, 3.8) is 0 Å². The Morgan fingerprint density at radius 2 is 0.773 bits per heavy atom. The summed E-state index contributed by atoms with van der Waals surface area (Å²) in [5.41, 5.74) is 6.39. The summed E-state index contributed by atoms with van der Waals surface area (Å²) in [7, 11) is 0. The molecule has 4 heteroatoms. The number of fused-ring (bicyclic) bond motifs is 6. The average Bonchev–Trinajstić information content (AvgIpc) is 3.61. The molecule has 6 aromatic carbocycles. The molecule has 2 aliphatic heterocycles. The van der Waals surface area contributed by atoms with Gasteiger partial charge in [-0.1, -0.05) is 84.9 Å². The van der Waals surface area contributed by atoms with Crippen molar-refractivity contribution in [2.24, 2.45) is 9.98 Å². The largest absolute Gasteiger partial charge is 0.475 e. The second-order valence-electron chi connectivity index (χ2n) is 13.2. The molecule has 8 rings (SSSR count). The Bertz CT molecular complexity index is 2000. The van der Waals surface area contributed by atoms with Crippen LogP contribution in [-0.4, -0.2) is 36.1 Å². The summed E-state index contributed by atoms with van der Waals surface area (Å²) in [5.74, 6) is 1.44. The first-order valence-corrected chi connectivity index (χ1v) is 15.3. The van der Waals surface area contributed by atoms with Gasteiger partial charge in [0.25, 0.3) is 0 Å². The molecule has 0 radical (unpaired) electrons. The van der Waals surface area contributed by atoms with Crippen molar-refractivity contribution in [3.8, 4) is 22.3 Å². The van der Waals surface area contributed by atoms with Crippen LogP contribution in [0.5, 0.6) is 0 Å². The highest BCUT2D eigenvalue weighted by Gasteiger charge is 2.28. The van der Waals surface area contributed by atoms with Crippen LogP contribution < -0.4 is 0 Å². The fraction of sp³-hybridized carbons (Fsp3) is 0.200. The first-order valence-electron chi connectivity index (χ1n) is 15.3. The molecule has 216 valence electrons. The maximum Gasteiger partial charge on any atom is 0.216 e. The van der Waals surface area contributed by atoms with Gasteiger partial charge in [0.15, 0.2) is 0 Å². The van der Waals surface area contributed by atoms with Crippen LogP contribution in [0.4, 0.5) is 0 Å². The number of benzene rings is 6. The quantitative estimate of drug-likeness (QED) is 0.197. The minimum absolute atomic E-state index is 0.188. The summed E-state index contributed by atoms with van der Waals surface area (Å²) in [5, 5.41) is 7.54. The maximum atomic E-state index is 5.93. The van der Waals surface area contributed by atoms with E-state index < -0.39 is 0 Å². The van der Waals surface area contributed by atoms with Gasteiger partial charge < -0.3 is 9.47 Å². The van der Waals surface area contributed by atoms with E-state index in [1.165, 1.54) is 43.4 Å². The van der Waals surface area contributed by atoms with Gasteiger partial charge in [-0.3, -0.25) is 0 Å². The lowest BCUT2D eigenvalue weighted by molar-refractivity contribution is 0.279. The lowest BCUT2D eigenvalue weighted by Gasteiger charge is -2.18. The SMILES string of the molecule is CC1(C)COC(c2ccc(-c3ccc(-c4ccc(C5=NC(C)(C)CO5)cc4)c4c5ccccc5c5ccccc5c34)cc2)=N1. The minimum atomic E-state index is -0.188. The van der Waals surface area contributed by atoms with Gasteiger partial charge in [-0.15, -0.1) is 0 Å². The molecule has 0 aliphatic carbocycles. The predicted octanol–water partition coefficient (Wildman–Crippen LogP) is 9.59. The number of ether oxygens (including phenoxy) is 2. The van der Waals surface area contributed by atoms with E-state index >= 15 is 0 Å². The normalized spacial score (nSPS) is 17.0. The van der Waals surface area contributed by atoms with Crippen LogP contribution in [0.15, 0.2) is 119 Å². The molecule has 0 aromatic heterocycles. The molecule has 0 amide bonds. The van der Waals surface area contributed by atoms with E-state index in [1.54, 1.807) is 0 Å². The van der Waals surface area contributed by atoms with Crippen molar-refractivity contribution in [2.45, 2.75) is 38.8 Å². The first kappa shape index (κ1) is 26.7.